The number of rotatable bonds is 2. The van der Waals surface area contributed by atoms with E-state index in [1.165, 1.54) is 0 Å². The smallest absolute Gasteiger partial charge is 0.230 e. The SMILES string of the molecule is CN(C)c1nc(Cl)nc(N(C)C)n1. The third kappa shape index (κ3) is 2.42. The molecular formula is C7H12ClN5. The first-order valence-corrected chi connectivity index (χ1v) is 4.14. The van der Waals surface area contributed by atoms with E-state index in [4.69, 9.17) is 11.6 Å². The molecule has 0 amide bonds. The first kappa shape index (κ1) is 9.98. The van der Waals surface area contributed by atoms with E-state index in [1.807, 2.05) is 28.2 Å². The molecule has 1 aromatic heterocycles. The lowest BCUT2D eigenvalue weighted by Gasteiger charge is -2.14. The summed E-state index contributed by atoms with van der Waals surface area (Å²) in [5.74, 6) is 1.12. The highest BCUT2D eigenvalue weighted by molar-refractivity contribution is 6.28. The average Bonchev–Trinajstić information content (AvgIpc) is 2.03. The van der Waals surface area contributed by atoms with Crippen LogP contribution in [0.15, 0.2) is 0 Å². The highest BCUT2D eigenvalue weighted by atomic mass is 35.5. The van der Waals surface area contributed by atoms with Gasteiger partial charge in [-0.1, -0.05) is 0 Å². The molecule has 0 aliphatic carbocycles. The van der Waals surface area contributed by atoms with Crippen molar-refractivity contribution in [3.8, 4) is 0 Å². The van der Waals surface area contributed by atoms with Crippen LogP contribution in [0.2, 0.25) is 5.28 Å². The Morgan fingerprint density at radius 2 is 1.23 bits per heavy atom. The van der Waals surface area contributed by atoms with Crippen molar-refractivity contribution in [1.82, 2.24) is 15.0 Å². The van der Waals surface area contributed by atoms with Crippen molar-refractivity contribution in [1.29, 1.82) is 0 Å². The molecule has 0 saturated heterocycles. The zero-order valence-electron chi connectivity index (χ0n) is 8.11. The van der Waals surface area contributed by atoms with Gasteiger partial charge in [-0.2, -0.15) is 15.0 Å². The lowest BCUT2D eigenvalue weighted by molar-refractivity contribution is 0.915. The van der Waals surface area contributed by atoms with Crippen molar-refractivity contribution >= 4 is 23.5 Å². The third-order valence-electron chi connectivity index (χ3n) is 1.38. The summed E-state index contributed by atoms with van der Waals surface area (Å²) in [7, 11) is 7.41. The number of hydrogen-bond acceptors (Lipinski definition) is 5. The van der Waals surface area contributed by atoms with Gasteiger partial charge in [0.1, 0.15) is 0 Å². The Kier molecular flexibility index (Phi) is 2.87. The molecule has 1 aromatic rings. The van der Waals surface area contributed by atoms with Gasteiger partial charge in [0.25, 0.3) is 0 Å². The highest BCUT2D eigenvalue weighted by Gasteiger charge is 2.07. The predicted octanol–water partition coefficient (Wildman–Crippen LogP) is 0.657. The average molecular weight is 202 g/mol. The zero-order chi connectivity index (χ0) is 10.0. The van der Waals surface area contributed by atoms with Crippen LogP contribution < -0.4 is 9.80 Å². The van der Waals surface area contributed by atoms with E-state index >= 15 is 0 Å². The molecule has 0 atom stereocenters. The maximum atomic E-state index is 5.72. The molecule has 5 nitrogen and oxygen atoms in total. The van der Waals surface area contributed by atoms with Crippen LogP contribution >= 0.6 is 11.6 Å². The van der Waals surface area contributed by atoms with E-state index in [0.29, 0.717) is 11.9 Å². The van der Waals surface area contributed by atoms with Gasteiger partial charge in [0, 0.05) is 28.2 Å². The van der Waals surface area contributed by atoms with Crippen LogP contribution in [0.25, 0.3) is 0 Å². The molecule has 1 rings (SSSR count). The molecule has 0 radical (unpaired) electrons. The summed E-state index contributed by atoms with van der Waals surface area (Å²) in [6, 6.07) is 0. The highest BCUT2D eigenvalue weighted by Crippen LogP contribution is 2.12. The van der Waals surface area contributed by atoms with Crippen molar-refractivity contribution in [3.63, 3.8) is 0 Å². The van der Waals surface area contributed by atoms with Gasteiger partial charge in [0.2, 0.25) is 17.2 Å². The summed E-state index contributed by atoms with van der Waals surface area (Å²) in [6.07, 6.45) is 0. The van der Waals surface area contributed by atoms with Gasteiger partial charge in [-0.3, -0.25) is 0 Å². The van der Waals surface area contributed by atoms with Crippen molar-refractivity contribution in [2.45, 2.75) is 0 Å². The Hall–Kier alpha value is -1.10. The fourth-order valence-electron chi connectivity index (χ4n) is 0.729. The van der Waals surface area contributed by atoms with Crippen molar-refractivity contribution in [2.24, 2.45) is 0 Å². The Labute approximate surface area is 82.4 Å². The Balaban J connectivity index is 3.11. The van der Waals surface area contributed by atoms with Gasteiger partial charge >= 0.3 is 0 Å². The minimum absolute atomic E-state index is 0.211. The molecule has 0 fully saturated rings. The van der Waals surface area contributed by atoms with Gasteiger partial charge in [-0.25, -0.2) is 0 Å². The van der Waals surface area contributed by atoms with Crippen LogP contribution in [0.4, 0.5) is 11.9 Å². The lowest BCUT2D eigenvalue weighted by Crippen LogP contribution is -2.18. The van der Waals surface area contributed by atoms with Crippen molar-refractivity contribution in [2.75, 3.05) is 38.0 Å². The largest absolute Gasteiger partial charge is 0.347 e. The molecule has 0 saturated carbocycles. The van der Waals surface area contributed by atoms with E-state index < -0.39 is 0 Å². The van der Waals surface area contributed by atoms with Crippen molar-refractivity contribution in [3.05, 3.63) is 5.28 Å². The molecule has 0 unspecified atom stereocenters. The van der Waals surface area contributed by atoms with E-state index in [9.17, 15) is 0 Å². The van der Waals surface area contributed by atoms with Crippen LogP contribution in [0.3, 0.4) is 0 Å². The van der Waals surface area contributed by atoms with Gasteiger partial charge in [0.05, 0.1) is 0 Å². The van der Waals surface area contributed by atoms with Gasteiger partial charge in [-0.15, -0.1) is 0 Å². The number of aromatic nitrogens is 3. The van der Waals surface area contributed by atoms with Crippen LogP contribution in [-0.2, 0) is 0 Å². The molecule has 0 aliphatic heterocycles. The fraction of sp³-hybridized carbons (Fsp3) is 0.571. The topological polar surface area (TPSA) is 45.2 Å². The quantitative estimate of drug-likeness (QED) is 0.704. The molecule has 0 spiro atoms. The summed E-state index contributed by atoms with van der Waals surface area (Å²) in [6.45, 7) is 0. The number of anilines is 2. The maximum Gasteiger partial charge on any atom is 0.230 e. The number of nitrogens with zero attached hydrogens (tertiary/aromatic N) is 5. The van der Waals surface area contributed by atoms with E-state index in [-0.39, 0.29) is 5.28 Å². The van der Waals surface area contributed by atoms with Crippen LogP contribution in [0.1, 0.15) is 0 Å². The van der Waals surface area contributed by atoms with E-state index in [2.05, 4.69) is 15.0 Å². The summed E-state index contributed by atoms with van der Waals surface area (Å²) in [5, 5.41) is 0.211. The molecule has 0 bridgehead atoms. The molecule has 0 aliphatic rings. The Bertz CT molecular complexity index is 273. The predicted molar refractivity (Wildman–Crippen MR) is 53.5 cm³/mol. The van der Waals surface area contributed by atoms with Crippen LogP contribution in [-0.4, -0.2) is 43.1 Å². The van der Waals surface area contributed by atoms with E-state index in [1.54, 1.807) is 9.80 Å². The minimum atomic E-state index is 0.211. The summed E-state index contributed by atoms with van der Waals surface area (Å²) in [5.41, 5.74) is 0. The zero-order valence-corrected chi connectivity index (χ0v) is 8.87. The van der Waals surface area contributed by atoms with Gasteiger partial charge in [-0.05, 0) is 11.6 Å². The summed E-state index contributed by atoms with van der Waals surface area (Å²) >= 11 is 5.72. The van der Waals surface area contributed by atoms with Gasteiger partial charge in [0.15, 0.2) is 0 Å². The number of halogens is 1. The summed E-state index contributed by atoms with van der Waals surface area (Å²) in [4.78, 5) is 15.7. The van der Waals surface area contributed by atoms with Crippen LogP contribution in [0.5, 0.6) is 0 Å². The number of hydrogen-bond donors (Lipinski definition) is 0. The standard InChI is InChI=1S/C7H12ClN5/c1-12(2)6-9-5(8)10-7(11-6)13(3)4/h1-4H3. The molecule has 6 heteroatoms. The summed E-state index contributed by atoms with van der Waals surface area (Å²) < 4.78 is 0. The Morgan fingerprint density at radius 1 is 0.846 bits per heavy atom. The Morgan fingerprint density at radius 3 is 1.54 bits per heavy atom. The molecular weight excluding hydrogens is 190 g/mol. The molecule has 13 heavy (non-hydrogen) atoms. The molecule has 0 N–H and O–H groups in total. The first-order valence-electron chi connectivity index (χ1n) is 3.77. The maximum absolute atomic E-state index is 5.72. The van der Waals surface area contributed by atoms with E-state index in [0.717, 1.165) is 0 Å². The monoisotopic (exact) mass is 201 g/mol. The van der Waals surface area contributed by atoms with Gasteiger partial charge < -0.3 is 9.80 Å². The first-order chi connectivity index (χ1) is 6.00. The molecule has 0 aromatic carbocycles. The van der Waals surface area contributed by atoms with Crippen molar-refractivity contribution < 1.29 is 0 Å². The second-order valence-corrected chi connectivity index (χ2v) is 3.33. The lowest BCUT2D eigenvalue weighted by atomic mass is 10.7. The normalized spacial score (nSPS) is 9.92. The third-order valence-corrected chi connectivity index (χ3v) is 1.55. The fourth-order valence-corrected chi connectivity index (χ4v) is 0.881. The second-order valence-electron chi connectivity index (χ2n) is 2.99. The molecule has 72 valence electrons. The molecule has 1 heterocycles. The minimum Gasteiger partial charge on any atom is -0.347 e. The second kappa shape index (κ2) is 3.74. The van der Waals surface area contributed by atoms with Crippen LogP contribution in [0, 0.1) is 0 Å².